The number of benzene rings is 2. The van der Waals surface area contributed by atoms with Gasteiger partial charge in [0.05, 0.1) is 0 Å². The van der Waals surface area contributed by atoms with Crippen molar-refractivity contribution >= 4 is 5.57 Å². The highest BCUT2D eigenvalue weighted by atomic mass is 15.1. The first-order valence-corrected chi connectivity index (χ1v) is 12.2. The Morgan fingerprint density at radius 1 is 0.909 bits per heavy atom. The first-order chi connectivity index (χ1) is 15.9. The van der Waals surface area contributed by atoms with Crippen molar-refractivity contribution in [1.29, 1.82) is 0 Å². The lowest BCUT2D eigenvalue weighted by Crippen LogP contribution is -2.42. The summed E-state index contributed by atoms with van der Waals surface area (Å²) in [4.78, 5) is 2.57. The molecule has 174 valence electrons. The molecule has 1 saturated heterocycles. The molecule has 2 heteroatoms. The van der Waals surface area contributed by atoms with E-state index in [9.17, 15) is 0 Å². The fourth-order valence-corrected chi connectivity index (χ4v) is 4.28. The number of piperidine rings is 1. The molecule has 3 rings (SSSR count). The zero-order valence-electron chi connectivity index (χ0n) is 20.7. The van der Waals surface area contributed by atoms with Crippen molar-refractivity contribution in [1.82, 2.24) is 10.2 Å². The third kappa shape index (κ3) is 8.22. The van der Waals surface area contributed by atoms with E-state index in [1.54, 1.807) is 0 Å². The van der Waals surface area contributed by atoms with E-state index < -0.39 is 0 Å². The van der Waals surface area contributed by atoms with Crippen LogP contribution in [0.25, 0.3) is 5.57 Å². The number of hydrogen-bond donors (Lipinski definition) is 1. The highest BCUT2D eigenvalue weighted by Gasteiger charge is 2.19. The van der Waals surface area contributed by atoms with Crippen molar-refractivity contribution in [3.05, 3.63) is 113 Å². The van der Waals surface area contributed by atoms with Crippen LogP contribution in [0.3, 0.4) is 0 Å². The van der Waals surface area contributed by atoms with Crippen LogP contribution in [-0.4, -0.2) is 30.6 Å². The Labute approximate surface area is 201 Å². The van der Waals surface area contributed by atoms with Gasteiger partial charge in [0, 0.05) is 31.4 Å². The Bertz CT molecular complexity index is 967. The van der Waals surface area contributed by atoms with Gasteiger partial charge in [0.1, 0.15) is 0 Å². The fraction of sp³-hybridized carbons (Fsp3) is 0.355. The van der Waals surface area contributed by atoms with E-state index in [1.807, 2.05) is 6.07 Å². The van der Waals surface area contributed by atoms with E-state index in [4.69, 9.17) is 0 Å². The summed E-state index contributed by atoms with van der Waals surface area (Å²) >= 11 is 0. The Morgan fingerprint density at radius 2 is 1.55 bits per heavy atom. The SMILES string of the molecule is C=C(CCc1ccc(C(=C)c2ccccc2)cc1)NC1CCN(C/C(C)=C/C=C(C)C)CC1. The summed E-state index contributed by atoms with van der Waals surface area (Å²) in [6.07, 6.45) is 8.82. The molecule has 2 aromatic rings. The quantitative estimate of drug-likeness (QED) is 0.394. The van der Waals surface area contributed by atoms with Crippen LogP contribution in [-0.2, 0) is 6.42 Å². The molecule has 0 bridgehead atoms. The van der Waals surface area contributed by atoms with Crippen LogP contribution in [0.4, 0.5) is 0 Å². The molecule has 1 aliphatic rings. The molecule has 0 unspecified atom stereocenters. The third-order valence-corrected chi connectivity index (χ3v) is 6.31. The van der Waals surface area contributed by atoms with Gasteiger partial charge in [0.15, 0.2) is 0 Å². The second kappa shape index (κ2) is 12.4. The number of aryl methyl sites for hydroxylation is 1. The molecule has 2 aromatic carbocycles. The maximum Gasteiger partial charge on any atom is 0.0282 e. The van der Waals surface area contributed by atoms with Gasteiger partial charge in [-0.3, -0.25) is 4.90 Å². The Hall–Kier alpha value is -2.84. The normalized spacial score (nSPS) is 15.2. The van der Waals surface area contributed by atoms with Crippen molar-refractivity contribution in [2.45, 2.75) is 52.5 Å². The molecule has 2 nitrogen and oxygen atoms in total. The minimum absolute atomic E-state index is 0.549. The number of nitrogens with one attached hydrogen (secondary N) is 1. The standard InChI is InChI=1S/C31H40N2/c1-24(2)11-12-25(3)23-33-21-19-31(20-22-33)32-26(4)13-14-28-15-17-30(18-16-28)27(5)29-9-7-6-8-10-29/h6-12,15-18,31-32H,4-5,13-14,19-23H2,1-3H3/b25-12+. The largest absolute Gasteiger partial charge is 0.386 e. The lowest BCUT2D eigenvalue weighted by molar-refractivity contribution is 0.216. The van der Waals surface area contributed by atoms with Crippen molar-refractivity contribution in [2.75, 3.05) is 19.6 Å². The predicted octanol–water partition coefficient (Wildman–Crippen LogP) is 7.16. The average molecular weight is 441 g/mol. The summed E-state index contributed by atoms with van der Waals surface area (Å²) in [5.74, 6) is 0. The van der Waals surface area contributed by atoms with Crippen LogP contribution in [0.15, 0.2) is 96.8 Å². The molecule has 1 heterocycles. The molecule has 0 radical (unpaired) electrons. The van der Waals surface area contributed by atoms with Gasteiger partial charge in [-0.1, -0.05) is 91.1 Å². The van der Waals surface area contributed by atoms with Crippen LogP contribution in [0.1, 0.15) is 56.7 Å². The zero-order valence-corrected chi connectivity index (χ0v) is 20.7. The summed E-state index contributed by atoms with van der Waals surface area (Å²) in [6.45, 7) is 18.5. The summed E-state index contributed by atoms with van der Waals surface area (Å²) in [5.41, 5.74) is 8.71. The number of rotatable bonds is 10. The number of hydrogen-bond acceptors (Lipinski definition) is 2. The smallest absolute Gasteiger partial charge is 0.0282 e. The van der Waals surface area contributed by atoms with Gasteiger partial charge in [-0.05, 0) is 68.7 Å². The second-order valence-corrected chi connectivity index (χ2v) is 9.60. The van der Waals surface area contributed by atoms with E-state index in [-0.39, 0.29) is 0 Å². The molecule has 0 atom stereocenters. The molecule has 0 aromatic heterocycles. The van der Waals surface area contributed by atoms with E-state index in [1.165, 1.54) is 40.7 Å². The molecule has 1 aliphatic heterocycles. The van der Waals surface area contributed by atoms with Crippen molar-refractivity contribution in [2.24, 2.45) is 0 Å². The average Bonchev–Trinajstić information content (AvgIpc) is 2.83. The molecular formula is C31H40N2. The Kier molecular flexibility index (Phi) is 9.33. The Morgan fingerprint density at radius 3 is 2.18 bits per heavy atom. The van der Waals surface area contributed by atoms with E-state index in [0.717, 1.165) is 43.7 Å². The van der Waals surface area contributed by atoms with Crippen LogP contribution >= 0.6 is 0 Å². The minimum Gasteiger partial charge on any atom is -0.386 e. The first-order valence-electron chi connectivity index (χ1n) is 12.2. The van der Waals surface area contributed by atoms with Crippen molar-refractivity contribution in [3.8, 4) is 0 Å². The van der Waals surface area contributed by atoms with Gasteiger partial charge < -0.3 is 5.32 Å². The fourth-order valence-electron chi connectivity index (χ4n) is 4.28. The van der Waals surface area contributed by atoms with Crippen LogP contribution in [0.2, 0.25) is 0 Å². The first kappa shape index (κ1) is 24.8. The molecular weight excluding hydrogens is 400 g/mol. The summed E-state index contributed by atoms with van der Waals surface area (Å²) in [5, 5.41) is 3.69. The molecule has 1 fully saturated rings. The van der Waals surface area contributed by atoms with Crippen LogP contribution < -0.4 is 5.32 Å². The lowest BCUT2D eigenvalue weighted by atomic mass is 9.97. The molecule has 0 spiro atoms. The zero-order chi connectivity index (χ0) is 23.6. The van der Waals surface area contributed by atoms with Gasteiger partial charge >= 0.3 is 0 Å². The van der Waals surface area contributed by atoms with Crippen molar-refractivity contribution in [3.63, 3.8) is 0 Å². The van der Waals surface area contributed by atoms with Crippen molar-refractivity contribution < 1.29 is 0 Å². The highest BCUT2D eigenvalue weighted by Crippen LogP contribution is 2.22. The van der Waals surface area contributed by atoms with Gasteiger partial charge in [0.2, 0.25) is 0 Å². The number of likely N-dealkylation sites (tertiary alicyclic amines) is 1. The number of allylic oxidation sites excluding steroid dienone is 4. The number of nitrogens with zero attached hydrogens (tertiary/aromatic N) is 1. The summed E-state index contributed by atoms with van der Waals surface area (Å²) in [6, 6.07) is 19.7. The predicted molar refractivity (Wildman–Crippen MR) is 144 cm³/mol. The van der Waals surface area contributed by atoms with Gasteiger partial charge in [-0.2, -0.15) is 0 Å². The Balaban J connectivity index is 1.39. The van der Waals surface area contributed by atoms with Crippen LogP contribution in [0.5, 0.6) is 0 Å². The molecule has 0 amide bonds. The van der Waals surface area contributed by atoms with E-state index in [0.29, 0.717) is 6.04 Å². The summed E-state index contributed by atoms with van der Waals surface area (Å²) < 4.78 is 0. The third-order valence-electron chi connectivity index (χ3n) is 6.31. The summed E-state index contributed by atoms with van der Waals surface area (Å²) in [7, 11) is 0. The van der Waals surface area contributed by atoms with E-state index >= 15 is 0 Å². The second-order valence-electron chi connectivity index (χ2n) is 9.60. The monoisotopic (exact) mass is 440 g/mol. The van der Waals surface area contributed by atoms with E-state index in [2.05, 4.69) is 105 Å². The maximum absolute atomic E-state index is 4.30. The van der Waals surface area contributed by atoms with Gasteiger partial charge in [0.25, 0.3) is 0 Å². The highest BCUT2D eigenvalue weighted by molar-refractivity contribution is 5.77. The minimum atomic E-state index is 0.549. The lowest BCUT2D eigenvalue weighted by Gasteiger charge is -2.33. The van der Waals surface area contributed by atoms with Gasteiger partial charge in [-0.15, -0.1) is 0 Å². The van der Waals surface area contributed by atoms with Gasteiger partial charge in [-0.25, -0.2) is 0 Å². The molecule has 1 N–H and O–H groups in total. The van der Waals surface area contributed by atoms with Crippen LogP contribution in [0, 0.1) is 0 Å². The molecule has 0 aliphatic carbocycles. The maximum atomic E-state index is 4.30. The topological polar surface area (TPSA) is 15.3 Å². The molecule has 33 heavy (non-hydrogen) atoms. The molecule has 0 saturated carbocycles.